The third kappa shape index (κ3) is 3.15. The Balaban J connectivity index is 3.87. The molecule has 0 aromatic carbocycles. The Bertz CT molecular complexity index is 108. The third-order valence-corrected chi connectivity index (χ3v) is 3.16. The van der Waals surface area contributed by atoms with Crippen molar-refractivity contribution in [2.45, 2.75) is 20.3 Å². The molecule has 0 fully saturated rings. The molecule has 0 N–H and O–H groups in total. The minimum Gasteiger partial charge on any atom is -0.397 e. The maximum Gasteiger partial charge on any atom is 0.350 e. The monoisotopic (exact) mass is 160 g/mol. The van der Waals surface area contributed by atoms with Gasteiger partial charge in [0.1, 0.15) is 0 Å². The normalized spacial score (nSPS) is 12.7. The van der Waals surface area contributed by atoms with Crippen LogP contribution >= 0.6 is 0 Å². The summed E-state index contributed by atoms with van der Waals surface area (Å²) >= 11 is 0. The van der Waals surface area contributed by atoms with Crippen LogP contribution in [-0.2, 0) is 8.85 Å². The standard InChI is InChI=1S/C7H16O2Si/c1-5-6-7(2)10(8-3)9-4/h6,10H,5H2,1-4H3/b7-6+. The molecular weight excluding hydrogens is 144 g/mol. The summed E-state index contributed by atoms with van der Waals surface area (Å²) in [6.07, 6.45) is 3.21. The second kappa shape index (κ2) is 5.65. The highest BCUT2D eigenvalue weighted by molar-refractivity contribution is 6.53. The van der Waals surface area contributed by atoms with Crippen LogP contribution < -0.4 is 0 Å². The van der Waals surface area contributed by atoms with Gasteiger partial charge in [-0.3, -0.25) is 0 Å². The van der Waals surface area contributed by atoms with E-state index in [0.29, 0.717) is 0 Å². The van der Waals surface area contributed by atoms with E-state index in [4.69, 9.17) is 8.85 Å². The summed E-state index contributed by atoms with van der Waals surface area (Å²) < 4.78 is 10.3. The quantitative estimate of drug-likeness (QED) is 0.579. The van der Waals surface area contributed by atoms with Gasteiger partial charge in [-0.15, -0.1) is 0 Å². The number of rotatable bonds is 4. The van der Waals surface area contributed by atoms with Crippen molar-refractivity contribution in [3.05, 3.63) is 11.3 Å². The van der Waals surface area contributed by atoms with Crippen LogP contribution in [0.15, 0.2) is 11.3 Å². The predicted molar refractivity (Wildman–Crippen MR) is 45.2 cm³/mol. The van der Waals surface area contributed by atoms with E-state index >= 15 is 0 Å². The molecule has 0 aliphatic rings. The van der Waals surface area contributed by atoms with E-state index in [2.05, 4.69) is 19.9 Å². The highest BCUT2D eigenvalue weighted by Crippen LogP contribution is 2.01. The van der Waals surface area contributed by atoms with Crippen molar-refractivity contribution in [2.24, 2.45) is 0 Å². The number of hydrogen-bond donors (Lipinski definition) is 0. The van der Waals surface area contributed by atoms with Crippen LogP contribution in [0.1, 0.15) is 20.3 Å². The molecule has 0 atom stereocenters. The molecule has 0 radical (unpaired) electrons. The Morgan fingerprint density at radius 2 is 1.90 bits per heavy atom. The molecular formula is C7H16O2Si. The first-order chi connectivity index (χ1) is 4.76. The summed E-state index contributed by atoms with van der Waals surface area (Å²) in [7, 11) is 1.96. The Morgan fingerprint density at radius 3 is 2.20 bits per heavy atom. The Morgan fingerprint density at radius 1 is 1.40 bits per heavy atom. The molecule has 0 spiro atoms. The number of hydrogen-bond acceptors (Lipinski definition) is 2. The molecule has 60 valence electrons. The Hall–Kier alpha value is -0.123. The first-order valence-corrected chi connectivity index (χ1v) is 5.00. The van der Waals surface area contributed by atoms with E-state index in [-0.39, 0.29) is 0 Å². The molecule has 0 saturated heterocycles. The van der Waals surface area contributed by atoms with Gasteiger partial charge in [0.2, 0.25) is 0 Å². The summed E-state index contributed by atoms with van der Waals surface area (Å²) in [4.78, 5) is 0. The van der Waals surface area contributed by atoms with Gasteiger partial charge in [0.15, 0.2) is 0 Å². The second-order valence-corrected chi connectivity index (χ2v) is 4.68. The lowest BCUT2D eigenvalue weighted by Gasteiger charge is -2.10. The topological polar surface area (TPSA) is 18.5 Å². The highest BCUT2D eigenvalue weighted by Gasteiger charge is 2.10. The summed E-state index contributed by atoms with van der Waals surface area (Å²) in [5, 5.41) is 1.27. The SMILES string of the molecule is CC/C=C(\C)[SiH](OC)OC. The largest absolute Gasteiger partial charge is 0.397 e. The molecule has 0 heterocycles. The van der Waals surface area contributed by atoms with E-state index in [1.165, 1.54) is 5.20 Å². The lowest BCUT2D eigenvalue weighted by molar-refractivity contribution is 0.287. The van der Waals surface area contributed by atoms with Crippen LogP contribution in [0.2, 0.25) is 0 Å². The van der Waals surface area contributed by atoms with E-state index < -0.39 is 9.28 Å². The van der Waals surface area contributed by atoms with Gasteiger partial charge in [0.05, 0.1) is 0 Å². The molecule has 2 nitrogen and oxygen atoms in total. The maximum absolute atomic E-state index is 5.16. The molecule has 10 heavy (non-hydrogen) atoms. The molecule has 0 bridgehead atoms. The van der Waals surface area contributed by atoms with Gasteiger partial charge < -0.3 is 8.85 Å². The summed E-state index contributed by atoms with van der Waals surface area (Å²) in [5.74, 6) is 0. The first kappa shape index (κ1) is 9.88. The van der Waals surface area contributed by atoms with Gasteiger partial charge in [0, 0.05) is 14.2 Å². The van der Waals surface area contributed by atoms with E-state index in [0.717, 1.165) is 6.42 Å². The van der Waals surface area contributed by atoms with Gasteiger partial charge in [0.25, 0.3) is 0 Å². The van der Waals surface area contributed by atoms with Gasteiger partial charge >= 0.3 is 9.28 Å². The van der Waals surface area contributed by atoms with E-state index in [1.54, 1.807) is 14.2 Å². The van der Waals surface area contributed by atoms with Crippen molar-refractivity contribution < 1.29 is 8.85 Å². The van der Waals surface area contributed by atoms with Crippen LogP contribution in [-0.4, -0.2) is 23.5 Å². The first-order valence-electron chi connectivity index (χ1n) is 3.48. The van der Waals surface area contributed by atoms with Crippen molar-refractivity contribution >= 4 is 9.28 Å². The molecule has 0 aromatic heterocycles. The molecule has 3 heteroatoms. The van der Waals surface area contributed by atoms with Crippen LogP contribution in [0.25, 0.3) is 0 Å². The fraction of sp³-hybridized carbons (Fsp3) is 0.714. The van der Waals surface area contributed by atoms with E-state index in [9.17, 15) is 0 Å². The van der Waals surface area contributed by atoms with Crippen molar-refractivity contribution in [3.8, 4) is 0 Å². The molecule has 0 aliphatic carbocycles. The molecule has 0 aliphatic heterocycles. The molecule has 0 amide bonds. The van der Waals surface area contributed by atoms with Crippen molar-refractivity contribution in [1.82, 2.24) is 0 Å². The van der Waals surface area contributed by atoms with Crippen LogP contribution in [0.4, 0.5) is 0 Å². The van der Waals surface area contributed by atoms with Gasteiger partial charge in [-0.05, 0) is 18.5 Å². The summed E-state index contributed by atoms with van der Waals surface area (Å²) in [6, 6.07) is 0. The van der Waals surface area contributed by atoms with Gasteiger partial charge in [-0.1, -0.05) is 13.0 Å². The van der Waals surface area contributed by atoms with Crippen molar-refractivity contribution in [3.63, 3.8) is 0 Å². The summed E-state index contributed by atoms with van der Waals surface area (Å²) in [6.45, 7) is 4.17. The van der Waals surface area contributed by atoms with Gasteiger partial charge in [-0.25, -0.2) is 0 Å². The van der Waals surface area contributed by atoms with Crippen LogP contribution in [0, 0.1) is 0 Å². The highest BCUT2D eigenvalue weighted by atomic mass is 28.3. The van der Waals surface area contributed by atoms with Crippen LogP contribution in [0.3, 0.4) is 0 Å². The zero-order valence-electron chi connectivity index (χ0n) is 7.18. The molecule has 0 saturated carbocycles. The summed E-state index contributed by atoms with van der Waals surface area (Å²) in [5.41, 5.74) is 0. The zero-order chi connectivity index (χ0) is 7.98. The fourth-order valence-corrected chi connectivity index (χ4v) is 2.25. The molecule has 0 aromatic rings. The van der Waals surface area contributed by atoms with Crippen molar-refractivity contribution in [2.75, 3.05) is 14.2 Å². The number of allylic oxidation sites excluding steroid dienone is 2. The van der Waals surface area contributed by atoms with Gasteiger partial charge in [-0.2, -0.15) is 0 Å². The lowest BCUT2D eigenvalue weighted by atomic mass is 10.4. The zero-order valence-corrected chi connectivity index (χ0v) is 8.33. The Kier molecular flexibility index (Phi) is 5.58. The average Bonchev–Trinajstić information content (AvgIpc) is 1.91. The molecule has 0 unspecified atom stereocenters. The van der Waals surface area contributed by atoms with Crippen molar-refractivity contribution in [1.29, 1.82) is 0 Å². The van der Waals surface area contributed by atoms with E-state index in [1.807, 2.05) is 0 Å². The van der Waals surface area contributed by atoms with Crippen LogP contribution in [0.5, 0.6) is 0 Å². The lowest BCUT2D eigenvalue weighted by Crippen LogP contribution is -2.20. The predicted octanol–water partition coefficient (Wildman–Crippen LogP) is 1.40. The smallest absolute Gasteiger partial charge is 0.350 e. The molecule has 0 rings (SSSR count). The minimum absolute atomic E-state index is 1.06. The average molecular weight is 160 g/mol. The third-order valence-electron chi connectivity index (χ3n) is 1.33. The fourth-order valence-electron chi connectivity index (χ4n) is 0.886. The Labute approximate surface area is 64.7 Å². The second-order valence-electron chi connectivity index (χ2n) is 2.16. The minimum atomic E-state index is -1.44. The maximum atomic E-state index is 5.16.